The summed E-state index contributed by atoms with van der Waals surface area (Å²) in [5.41, 5.74) is 3.90. The first-order chi connectivity index (χ1) is 21.2. The van der Waals surface area contributed by atoms with Crippen molar-refractivity contribution >= 4 is 0 Å². The molecule has 2 heterocycles. The van der Waals surface area contributed by atoms with Crippen LogP contribution in [0.1, 0.15) is 90.9 Å². The van der Waals surface area contributed by atoms with Gasteiger partial charge in [0, 0.05) is 35.9 Å². The molecule has 0 saturated carbocycles. The molecule has 0 amide bonds. The average Bonchev–Trinajstić information content (AvgIpc) is 3.05. The minimum absolute atomic E-state index is 0.431. The Hall–Kier alpha value is -4.00. The highest BCUT2D eigenvalue weighted by atomic mass is 16.5. The first-order valence-electron chi connectivity index (χ1n) is 16.0. The van der Waals surface area contributed by atoms with E-state index in [1.807, 2.05) is 48.5 Å². The molecule has 228 valence electrons. The van der Waals surface area contributed by atoms with Gasteiger partial charge in [-0.1, -0.05) is 102 Å². The molecule has 0 spiro atoms. The third-order valence-electron chi connectivity index (χ3n) is 7.33. The number of aromatic nitrogens is 4. The van der Waals surface area contributed by atoms with Gasteiger partial charge in [0.1, 0.15) is 11.5 Å². The molecule has 7 heteroatoms. The minimum Gasteiger partial charge on any atom is -0.463 e. The zero-order valence-electron chi connectivity index (χ0n) is 25.8. The van der Waals surface area contributed by atoms with E-state index in [9.17, 15) is 0 Å². The maximum atomic E-state index is 6.07. The Morgan fingerprint density at radius 1 is 0.419 bits per heavy atom. The zero-order chi connectivity index (χ0) is 30.0. The largest absolute Gasteiger partial charge is 0.463 e. The van der Waals surface area contributed by atoms with Gasteiger partial charge in [0.2, 0.25) is 0 Å². The van der Waals surface area contributed by atoms with Gasteiger partial charge in [0.05, 0.1) is 13.2 Å². The summed E-state index contributed by atoms with van der Waals surface area (Å²) in [7, 11) is 0. The van der Waals surface area contributed by atoms with Crippen molar-refractivity contribution in [1.82, 2.24) is 19.9 Å². The minimum atomic E-state index is 0.431. The molecule has 0 bridgehead atoms. The van der Waals surface area contributed by atoms with E-state index in [-0.39, 0.29) is 0 Å². The standard InChI is InChI=1S/C36H46N4O3/c1-3-5-7-9-11-13-23-41-35-37-25-31(26-38-35)29-15-19-33(20-16-29)43-34-21-17-30(18-22-34)32-27-39-36(40-28-32)42-24-14-12-10-8-6-4-2/h15-22,25-28H,3-14,23-24H2,1-2H3. The van der Waals surface area contributed by atoms with Crippen molar-refractivity contribution in [3.8, 4) is 45.8 Å². The molecule has 2 aromatic heterocycles. The van der Waals surface area contributed by atoms with Crippen molar-refractivity contribution in [3.05, 3.63) is 73.3 Å². The van der Waals surface area contributed by atoms with Gasteiger partial charge < -0.3 is 14.2 Å². The van der Waals surface area contributed by atoms with Crippen LogP contribution in [0.3, 0.4) is 0 Å². The molecular weight excluding hydrogens is 536 g/mol. The molecule has 0 saturated heterocycles. The summed E-state index contributed by atoms with van der Waals surface area (Å²) in [6.45, 7) is 5.79. The lowest BCUT2D eigenvalue weighted by Gasteiger charge is -2.09. The van der Waals surface area contributed by atoms with Crippen LogP contribution in [0.2, 0.25) is 0 Å². The molecular formula is C36H46N4O3. The molecule has 0 aliphatic heterocycles. The second kappa shape index (κ2) is 18.5. The Kier molecular flexibility index (Phi) is 13.7. The smallest absolute Gasteiger partial charge is 0.316 e. The van der Waals surface area contributed by atoms with E-state index in [0.29, 0.717) is 25.2 Å². The quantitative estimate of drug-likeness (QED) is 0.0959. The molecule has 0 radical (unpaired) electrons. The molecule has 4 aromatic rings. The van der Waals surface area contributed by atoms with Gasteiger partial charge in [-0.3, -0.25) is 0 Å². The highest BCUT2D eigenvalue weighted by Crippen LogP contribution is 2.28. The van der Waals surface area contributed by atoms with Crippen LogP contribution in [0.4, 0.5) is 0 Å². The summed E-state index contributed by atoms with van der Waals surface area (Å²) < 4.78 is 17.5. The second-order valence-corrected chi connectivity index (χ2v) is 10.9. The van der Waals surface area contributed by atoms with Crippen LogP contribution in [0.15, 0.2) is 73.3 Å². The first kappa shape index (κ1) is 31.9. The van der Waals surface area contributed by atoms with Crippen LogP contribution in [0.5, 0.6) is 23.5 Å². The number of rotatable bonds is 20. The van der Waals surface area contributed by atoms with Gasteiger partial charge >= 0.3 is 12.0 Å². The highest BCUT2D eigenvalue weighted by molar-refractivity contribution is 5.64. The van der Waals surface area contributed by atoms with E-state index in [0.717, 1.165) is 46.6 Å². The summed E-state index contributed by atoms with van der Waals surface area (Å²) >= 11 is 0. The Balaban J connectivity index is 1.20. The fourth-order valence-corrected chi connectivity index (χ4v) is 4.74. The lowest BCUT2D eigenvalue weighted by atomic mass is 10.1. The molecule has 0 atom stereocenters. The fraction of sp³-hybridized carbons (Fsp3) is 0.444. The van der Waals surface area contributed by atoms with Gasteiger partial charge in [-0.15, -0.1) is 0 Å². The van der Waals surface area contributed by atoms with Crippen LogP contribution in [0, 0.1) is 0 Å². The third-order valence-corrected chi connectivity index (χ3v) is 7.33. The molecule has 0 aliphatic carbocycles. The van der Waals surface area contributed by atoms with E-state index in [4.69, 9.17) is 14.2 Å². The summed E-state index contributed by atoms with van der Waals surface area (Å²) in [6.07, 6.45) is 22.0. The van der Waals surface area contributed by atoms with Gasteiger partial charge in [-0.05, 0) is 48.2 Å². The number of benzene rings is 2. The van der Waals surface area contributed by atoms with Crippen molar-refractivity contribution < 1.29 is 14.2 Å². The third kappa shape index (κ3) is 11.3. The van der Waals surface area contributed by atoms with E-state index in [1.165, 1.54) is 64.2 Å². The normalized spacial score (nSPS) is 10.9. The zero-order valence-corrected chi connectivity index (χ0v) is 25.8. The van der Waals surface area contributed by atoms with Crippen LogP contribution in [0.25, 0.3) is 22.3 Å². The maximum Gasteiger partial charge on any atom is 0.316 e. The maximum absolute atomic E-state index is 6.07. The Morgan fingerprint density at radius 2 is 0.767 bits per heavy atom. The van der Waals surface area contributed by atoms with Crippen LogP contribution in [-0.4, -0.2) is 33.1 Å². The second-order valence-electron chi connectivity index (χ2n) is 10.9. The molecule has 0 aliphatic rings. The molecule has 0 fully saturated rings. The first-order valence-corrected chi connectivity index (χ1v) is 16.0. The summed E-state index contributed by atoms with van der Waals surface area (Å²) in [5, 5.41) is 0. The van der Waals surface area contributed by atoms with Gasteiger partial charge in [0.25, 0.3) is 0 Å². The summed E-state index contributed by atoms with van der Waals surface area (Å²) in [6, 6.07) is 16.7. The predicted octanol–water partition coefficient (Wildman–Crippen LogP) is 9.87. The van der Waals surface area contributed by atoms with Crippen molar-refractivity contribution in [1.29, 1.82) is 0 Å². The molecule has 43 heavy (non-hydrogen) atoms. The summed E-state index contributed by atoms with van der Waals surface area (Å²) in [5.74, 6) is 1.51. The molecule has 4 rings (SSSR count). The lowest BCUT2D eigenvalue weighted by Crippen LogP contribution is -2.01. The number of hydrogen-bond donors (Lipinski definition) is 0. The monoisotopic (exact) mass is 582 g/mol. The molecule has 0 N–H and O–H groups in total. The van der Waals surface area contributed by atoms with Crippen molar-refractivity contribution in [2.45, 2.75) is 90.9 Å². The van der Waals surface area contributed by atoms with E-state index >= 15 is 0 Å². The average molecular weight is 583 g/mol. The van der Waals surface area contributed by atoms with Gasteiger partial charge in [-0.25, -0.2) is 19.9 Å². The van der Waals surface area contributed by atoms with Crippen LogP contribution < -0.4 is 14.2 Å². The Labute approximate surface area is 257 Å². The number of ether oxygens (including phenoxy) is 3. The predicted molar refractivity (Wildman–Crippen MR) is 173 cm³/mol. The van der Waals surface area contributed by atoms with Gasteiger partial charge in [-0.2, -0.15) is 0 Å². The number of nitrogens with zero attached hydrogens (tertiary/aromatic N) is 4. The molecule has 7 nitrogen and oxygen atoms in total. The Morgan fingerprint density at radius 3 is 1.14 bits per heavy atom. The lowest BCUT2D eigenvalue weighted by molar-refractivity contribution is 0.281. The van der Waals surface area contributed by atoms with Crippen molar-refractivity contribution in [2.75, 3.05) is 13.2 Å². The molecule has 0 unspecified atom stereocenters. The van der Waals surface area contributed by atoms with Crippen LogP contribution >= 0.6 is 0 Å². The van der Waals surface area contributed by atoms with Gasteiger partial charge in [0.15, 0.2) is 0 Å². The number of hydrogen-bond acceptors (Lipinski definition) is 7. The van der Waals surface area contributed by atoms with Crippen LogP contribution in [-0.2, 0) is 0 Å². The number of unbranched alkanes of at least 4 members (excludes halogenated alkanes) is 10. The fourth-order valence-electron chi connectivity index (χ4n) is 4.74. The van der Waals surface area contributed by atoms with E-state index < -0.39 is 0 Å². The topological polar surface area (TPSA) is 79.2 Å². The Bertz CT molecular complexity index is 1190. The molecule has 2 aromatic carbocycles. The van der Waals surface area contributed by atoms with E-state index in [1.54, 1.807) is 24.8 Å². The SMILES string of the molecule is CCCCCCCCOc1ncc(-c2ccc(Oc3ccc(-c4cnc(OCCCCCCCC)nc4)cc3)cc2)cn1. The van der Waals surface area contributed by atoms with Crippen molar-refractivity contribution in [3.63, 3.8) is 0 Å². The summed E-state index contributed by atoms with van der Waals surface area (Å²) in [4.78, 5) is 17.5. The highest BCUT2D eigenvalue weighted by Gasteiger charge is 2.06. The van der Waals surface area contributed by atoms with E-state index in [2.05, 4.69) is 33.8 Å². The van der Waals surface area contributed by atoms with Crippen molar-refractivity contribution in [2.24, 2.45) is 0 Å².